The summed E-state index contributed by atoms with van der Waals surface area (Å²) in [5.41, 5.74) is 2.05. The van der Waals surface area contributed by atoms with Crippen LogP contribution in [0.4, 0.5) is 0 Å². The number of aryl methyl sites for hydroxylation is 1. The molecule has 1 heterocycles. The summed E-state index contributed by atoms with van der Waals surface area (Å²) < 4.78 is 16.0. The Balaban J connectivity index is 2.12. The highest BCUT2D eigenvalue weighted by atomic mass is 16.7. The van der Waals surface area contributed by atoms with Gasteiger partial charge in [0.05, 0.1) is 13.2 Å². The fourth-order valence-electron chi connectivity index (χ4n) is 1.67. The molecule has 0 N–H and O–H groups in total. The third kappa shape index (κ3) is 2.40. The van der Waals surface area contributed by atoms with Crippen molar-refractivity contribution < 1.29 is 19.0 Å². The second-order valence-corrected chi connectivity index (χ2v) is 3.57. The molecule has 4 heteroatoms. The van der Waals surface area contributed by atoms with E-state index in [1.807, 2.05) is 25.1 Å². The van der Waals surface area contributed by atoms with E-state index in [-0.39, 0.29) is 12.9 Å². The standard InChI is InChI=1S/C12H14O4/c1-9-8-10(14-5-4-13)2-3-11(9)12-15-6-7-16-12/h2-4,8,12H,5-7H2,1H3. The van der Waals surface area contributed by atoms with E-state index >= 15 is 0 Å². The van der Waals surface area contributed by atoms with E-state index in [1.54, 1.807) is 0 Å². The molecule has 0 bridgehead atoms. The Hall–Kier alpha value is -1.39. The average Bonchev–Trinajstić information content (AvgIpc) is 2.80. The zero-order chi connectivity index (χ0) is 11.4. The van der Waals surface area contributed by atoms with E-state index in [1.165, 1.54) is 0 Å². The lowest BCUT2D eigenvalue weighted by Gasteiger charge is -2.13. The molecule has 0 unspecified atom stereocenters. The third-order valence-corrected chi connectivity index (χ3v) is 2.44. The van der Waals surface area contributed by atoms with Gasteiger partial charge < -0.3 is 14.2 Å². The Morgan fingerprint density at radius 2 is 2.19 bits per heavy atom. The van der Waals surface area contributed by atoms with Crippen LogP contribution in [-0.2, 0) is 14.3 Å². The molecule has 1 aliphatic rings. The van der Waals surface area contributed by atoms with Gasteiger partial charge in [0.25, 0.3) is 0 Å². The maximum atomic E-state index is 10.2. The van der Waals surface area contributed by atoms with E-state index in [9.17, 15) is 4.79 Å². The van der Waals surface area contributed by atoms with Crippen molar-refractivity contribution in [3.8, 4) is 5.75 Å². The first-order valence-electron chi connectivity index (χ1n) is 5.21. The molecule has 0 saturated carbocycles. The maximum Gasteiger partial charge on any atom is 0.184 e. The van der Waals surface area contributed by atoms with Crippen LogP contribution in [0, 0.1) is 6.92 Å². The van der Waals surface area contributed by atoms with Crippen LogP contribution in [0.2, 0.25) is 0 Å². The zero-order valence-electron chi connectivity index (χ0n) is 9.14. The zero-order valence-corrected chi connectivity index (χ0v) is 9.14. The number of carbonyl (C=O) groups excluding carboxylic acids is 1. The van der Waals surface area contributed by atoms with Crippen molar-refractivity contribution in [2.24, 2.45) is 0 Å². The van der Waals surface area contributed by atoms with Crippen LogP contribution in [0.15, 0.2) is 18.2 Å². The minimum atomic E-state index is -0.264. The summed E-state index contributed by atoms with van der Waals surface area (Å²) in [5.74, 6) is 0.686. The molecule has 86 valence electrons. The van der Waals surface area contributed by atoms with Gasteiger partial charge in [-0.2, -0.15) is 0 Å². The number of hydrogen-bond donors (Lipinski definition) is 0. The molecule has 0 aliphatic carbocycles. The number of ether oxygens (including phenoxy) is 3. The molecule has 16 heavy (non-hydrogen) atoms. The van der Waals surface area contributed by atoms with Gasteiger partial charge in [-0.25, -0.2) is 0 Å². The molecule has 4 nitrogen and oxygen atoms in total. The van der Waals surface area contributed by atoms with Crippen molar-refractivity contribution >= 4 is 6.29 Å². The molecule has 0 aromatic heterocycles. The first-order valence-corrected chi connectivity index (χ1v) is 5.21. The predicted molar refractivity (Wildman–Crippen MR) is 57.4 cm³/mol. The van der Waals surface area contributed by atoms with E-state index in [4.69, 9.17) is 14.2 Å². The molecular formula is C12H14O4. The Bertz CT molecular complexity index is 369. The number of hydrogen-bond acceptors (Lipinski definition) is 4. The monoisotopic (exact) mass is 222 g/mol. The first kappa shape index (κ1) is 11.1. The van der Waals surface area contributed by atoms with Crippen LogP contribution in [0.3, 0.4) is 0 Å². The summed E-state index contributed by atoms with van der Waals surface area (Å²) in [6.07, 6.45) is 0.465. The van der Waals surface area contributed by atoms with Crippen molar-refractivity contribution in [3.05, 3.63) is 29.3 Å². The van der Waals surface area contributed by atoms with Crippen molar-refractivity contribution in [1.82, 2.24) is 0 Å². The van der Waals surface area contributed by atoms with Crippen LogP contribution in [0.5, 0.6) is 5.75 Å². The molecule has 1 saturated heterocycles. The fourth-order valence-corrected chi connectivity index (χ4v) is 1.67. The average molecular weight is 222 g/mol. The Morgan fingerprint density at radius 1 is 1.44 bits per heavy atom. The summed E-state index contributed by atoms with van der Waals surface area (Å²) in [6, 6.07) is 5.60. The van der Waals surface area contributed by atoms with Gasteiger partial charge in [-0.1, -0.05) is 6.07 Å². The second kappa shape index (κ2) is 5.09. The van der Waals surface area contributed by atoms with Crippen LogP contribution in [0.1, 0.15) is 17.4 Å². The van der Waals surface area contributed by atoms with Crippen molar-refractivity contribution in [2.75, 3.05) is 19.8 Å². The number of aldehydes is 1. The highest BCUT2D eigenvalue weighted by Gasteiger charge is 2.20. The normalized spacial score (nSPS) is 16.3. The fraction of sp³-hybridized carbons (Fsp3) is 0.417. The molecule has 0 amide bonds. The Labute approximate surface area is 94.1 Å². The van der Waals surface area contributed by atoms with E-state index in [0.717, 1.165) is 17.4 Å². The molecule has 0 radical (unpaired) electrons. The summed E-state index contributed by atoms with van der Waals surface area (Å²) in [7, 11) is 0. The largest absolute Gasteiger partial charge is 0.486 e. The number of carbonyl (C=O) groups is 1. The summed E-state index contributed by atoms with van der Waals surface area (Å²) in [5, 5.41) is 0. The second-order valence-electron chi connectivity index (χ2n) is 3.57. The lowest BCUT2D eigenvalue weighted by molar-refractivity contribution is -0.109. The van der Waals surface area contributed by atoms with Gasteiger partial charge in [0, 0.05) is 5.56 Å². The van der Waals surface area contributed by atoms with Crippen LogP contribution < -0.4 is 4.74 Å². The molecular weight excluding hydrogens is 208 g/mol. The van der Waals surface area contributed by atoms with Gasteiger partial charge in [0.15, 0.2) is 12.6 Å². The first-order chi connectivity index (χ1) is 7.81. The van der Waals surface area contributed by atoms with Crippen LogP contribution in [0.25, 0.3) is 0 Å². The van der Waals surface area contributed by atoms with E-state index in [0.29, 0.717) is 19.0 Å². The Kier molecular flexibility index (Phi) is 3.54. The van der Waals surface area contributed by atoms with Crippen molar-refractivity contribution in [1.29, 1.82) is 0 Å². The minimum absolute atomic E-state index is 0.0786. The minimum Gasteiger partial charge on any atom is -0.486 e. The Morgan fingerprint density at radius 3 is 2.81 bits per heavy atom. The highest BCUT2D eigenvalue weighted by molar-refractivity contribution is 5.51. The topological polar surface area (TPSA) is 44.8 Å². The maximum absolute atomic E-state index is 10.2. The van der Waals surface area contributed by atoms with Gasteiger partial charge in [0.1, 0.15) is 12.4 Å². The van der Waals surface area contributed by atoms with Gasteiger partial charge in [-0.05, 0) is 24.6 Å². The number of benzene rings is 1. The van der Waals surface area contributed by atoms with Gasteiger partial charge in [0.2, 0.25) is 0 Å². The van der Waals surface area contributed by atoms with Crippen LogP contribution >= 0.6 is 0 Å². The molecule has 2 rings (SSSR count). The quantitative estimate of drug-likeness (QED) is 0.726. The molecule has 1 aromatic carbocycles. The predicted octanol–water partition coefficient (Wildman–Crippen LogP) is 1.62. The summed E-state index contributed by atoms with van der Waals surface area (Å²) >= 11 is 0. The summed E-state index contributed by atoms with van der Waals surface area (Å²) in [4.78, 5) is 10.2. The van der Waals surface area contributed by atoms with Crippen molar-refractivity contribution in [2.45, 2.75) is 13.2 Å². The molecule has 1 aliphatic heterocycles. The van der Waals surface area contributed by atoms with Crippen molar-refractivity contribution in [3.63, 3.8) is 0 Å². The smallest absolute Gasteiger partial charge is 0.184 e. The van der Waals surface area contributed by atoms with Gasteiger partial charge >= 0.3 is 0 Å². The third-order valence-electron chi connectivity index (χ3n) is 2.44. The lowest BCUT2D eigenvalue weighted by Crippen LogP contribution is -2.02. The molecule has 1 aromatic rings. The van der Waals surface area contributed by atoms with E-state index in [2.05, 4.69) is 0 Å². The molecule has 0 spiro atoms. The van der Waals surface area contributed by atoms with Gasteiger partial charge in [-0.15, -0.1) is 0 Å². The molecule has 0 atom stereocenters. The molecule has 1 fully saturated rings. The number of rotatable bonds is 4. The van der Waals surface area contributed by atoms with Gasteiger partial charge in [-0.3, -0.25) is 4.79 Å². The van der Waals surface area contributed by atoms with E-state index < -0.39 is 0 Å². The summed E-state index contributed by atoms with van der Waals surface area (Å²) in [6.45, 7) is 3.31. The highest BCUT2D eigenvalue weighted by Crippen LogP contribution is 2.28. The SMILES string of the molecule is Cc1cc(OCC=O)ccc1C1OCCO1. The van der Waals surface area contributed by atoms with Crippen LogP contribution in [-0.4, -0.2) is 26.1 Å². The lowest BCUT2D eigenvalue weighted by atomic mass is 10.1.